The Hall–Kier alpha value is -1.06. The molecule has 1 aromatic carbocycles. The molecule has 0 saturated carbocycles. The summed E-state index contributed by atoms with van der Waals surface area (Å²) in [5.74, 6) is 0. The van der Waals surface area contributed by atoms with Crippen LogP contribution >= 0.6 is 23.2 Å². The van der Waals surface area contributed by atoms with Crippen LogP contribution in [0.25, 0.3) is 10.8 Å². The number of nitrogens with zero attached hydrogens (tertiary/aromatic N) is 1. The fraction of sp³-hybridized carbons (Fsp3) is 0.200. The summed E-state index contributed by atoms with van der Waals surface area (Å²) < 4.78 is 0. The Balaban J connectivity index is 3.06. The normalized spacial score (nSPS) is 10.9. The maximum absolute atomic E-state index is 11.6. The molecule has 0 radical (unpaired) electrons. The van der Waals surface area contributed by atoms with E-state index in [1.807, 2.05) is 6.92 Å². The summed E-state index contributed by atoms with van der Waals surface area (Å²) in [5, 5.41) is 8.32. The zero-order chi connectivity index (χ0) is 11.0. The lowest BCUT2D eigenvalue weighted by molar-refractivity contribution is 0.919. The van der Waals surface area contributed by atoms with Gasteiger partial charge in [-0.3, -0.25) is 4.79 Å². The molecular weight excluding hydrogens is 235 g/mol. The van der Waals surface area contributed by atoms with Crippen molar-refractivity contribution >= 4 is 34.0 Å². The molecule has 0 aliphatic rings. The van der Waals surface area contributed by atoms with Gasteiger partial charge in [0.1, 0.15) is 0 Å². The van der Waals surface area contributed by atoms with Gasteiger partial charge in [-0.05, 0) is 18.6 Å². The predicted molar refractivity (Wildman–Crippen MR) is 61.8 cm³/mol. The molecule has 0 aliphatic carbocycles. The van der Waals surface area contributed by atoms with Gasteiger partial charge in [0.25, 0.3) is 5.56 Å². The number of hydrogen-bond donors (Lipinski definition) is 1. The minimum absolute atomic E-state index is 0.310. The van der Waals surface area contributed by atoms with E-state index < -0.39 is 0 Å². The molecule has 3 nitrogen and oxygen atoms in total. The maximum atomic E-state index is 11.6. The zero-order valence-corrected chi connectivity index (χ0v) is 9.49. The molecule has 0 unspecified atom stereocenters. The van der Waals surface area contributed by atoms with Gasteiger partial charge in [0.05, 0.1) is 21.1 Å². The quantitative estimate of drug-likeness (QED) is 0.836. The highest BCUT2D eigenvalue weighted by Gasteiger charge is 2.11. The third-order valence-electron chi connectivity index (χ3n) is 2.25. The molecule has 0 fully saturated rings. The maximum Gasteiger partial charge on any atom is 0.273 e. The third-order valence-corrected chi connectivity index (χ3v) is 2.88. The zero-order valence-electron chi connectivity index (χ0n) is 7.97. The predicted octanol–water partition coefficient (Wildman–Crippen LogP) is 2.79. The smallest absolute Gasteiger partial charge is 0.267 e. The minimum Gasteiger partial charge on any atom is -0.267 e. The lowest BCUT2D eigenvalue weighted by Crippen LogP contribution is -2.11. The molecular formula is C10H8Cl2N2O. The van der Waals surface area contributed by atoms with Crippen molar-refractivity contribution in [3.8, 4) is 0 Å². The summed E-state index contributed by atoms with van der Waals surface area (Å²) in [7, 11) is 0. The van der Waals surface area contributed by atoms with Crippen molar-refractivity contribution in [2.75, 3.05) is 0 Å². The number of aromatic amines is 1. The van der Waals surface area contributed by atoms with Crippen LogP contribution in [0.2, 0.25) is 10.0 Å². The Kier molecular flexibility index (Phi) is 2.67. The van der Waals surface area contributed by atoms with Gasteiger partial charge in [0.2, 0.25) is 0 Å². The van der Waals surface area contributed by atoms with Crippen LogP contribution in [0.3, 0.4) is 0 Å². The average molecular weight is 243 g/mol. The average Bonchev–Trinajstić information content (AvgIpc) is 2.23. The fourth-order valence-corrected chi connectivity index (χ4v) is 2.05. The molecule has 78 valence electrons. The molecule has 5 heteroatoms. The SMILES string of the molecule is CCc1n[nH]c(=O)c2c(Cl)ccc(Cl)c12. The Labute approximate surface area is 96.0 Å². The highest BCUT2D eigenvalue weighted by molar-refractivity contribution is 6.40. The Morgan fingerprint density at radius 2 is 1.87 bits per heavy atom. The number of aryl methyl sites for hydroxylation is 1. The molecule has 2 rings (SSSR count). The molecule has 2 aromatic rings. The number of benzene rings is 1. The number of H-pyrrole nitrogens is 1. The van der Waals surface area contributed by atoms with Gasteiger partial charge in [-0.25, -0.2) is 5.10 Å². The van der Waals surface area contributed by atoms with Gasteiger partial charge < -0.3 is 0 Å². The largest absolute Gasteiger partial charge is 0.273 e. The molecule has 1 N–H and O–H groups in total. The Bertz CT molecular complexity index is 577. The van der Waals surface area contributed by atoms with Crippen LogP contribution in [0.1, 0.15) is 12.6 Å². The van der Waals surface area contributed by atoms with Crippen molar-refractivity contribution in [1.82, 2.24) is 10.2 Å². The molecule has 1 heterocycles. The molecule has 0 aliphatic heterocycles. The van der Waals surface area contributed by atoms with Gasteiger partial charge in [-0.15, -0.1) is 0 Å². The second-order valence-electron chi connectivity index (χ2n) is 3.13. The first-order chi connectivity index (χ1) is 7.15. The fourth-order valence-electron chi connectivity index (χ4n) is 1.54. The van der Waals surface area contributed by atoms with E-state index in [9.17, 15) is 4.79 Å². The van der Waals surface area contributed by atoms with E-state index in [1.54, 1.807) is 12.1 Å². The Morgan fingerprint density at radius 1 is 1.27 bits per heavy atom. The molecule has 0 spiro atoms. The van der Waals surface area contributed by atoms with Crippen molar-refractivity contribution in [3.05, 3.63) is 38.2 Å². The van der Waals surface area contributed by atoms with Gasteiger partial charge in [0, 0.05) is 5.39 Å². The first-order valence-electron chi connectivity index (χ1n) is 4.50. The van der Waals surface area contributed by atoms with E-state index in [0.29, 0.717) is 27.2 Å². The lowest BCUT2D eigenvalue weighted by Gasteiger charge is -2.05. The van der Waals surface area contributed by atoms with E-state index in [1.165, 1.54) is 0 Å². The van der Waals surface area contributed by atoms with Crippen molar-refractivity contribution in [2.45, 2.75) is 13.3 Å². The van der Waals surface area contributed by atoms with E-state index in [2.05, 4.69) is 10.2 Å². The second-order valence-corrected chi connectivity index (χ2v) is 3.95. The summed E-state index contributed by atoms with van der Waals surface area (Å²) in [6.07, 6.45) is 0.688. The van der Waals surface area contributed by atoms with Gasteiger partial charge in [0.15, 0.2) is 0 Å². The van der Waals surface area contributed by atoms with E-state index in [4.69, 9.17) is 23.2 Å². The highest BCUT2D eigenvalue weighted by atomic mass is 35.5. The van der Waals surface area contributed by atoms with Gasteiger partial charge >= 0.3 is 0 Å². The first kappa shape index (κ1) is 10.5. The summed E-state index contributed by atoms with van der Waals surface area (Å²) >= 11 is 12.0. The number of rotatable bonds is 1. The first-order valence-corrected chi connectivity index (χ1v) is 5.26. The van der Waals surface area contributed by atoms with Crippen LogP contribution in [0.4, 0.5) is 0 Å². The summed E-state index contributed by atoms with van der Waals surface area (Å²) in [5.41, 5.74) is 0.437. The highest BCUT2D eigenvalue weighted by Crippen LogP contribution is 2.28. The van der Waals surface area contributed by atoms with Gasteiger partial charge in [-0.1, -0.05) is 30.1 Å². The van der Waals surface area contributed by atoms with Crippen molar-refractivity contribution in [1.29, 1.82) is 0 Å². The molecule has 0 bridgehead atoms. The lowest BCUT2D eigenvalue weighted by atomic mass is 10.1. The molecule has 1 aromatic heterocycles. The standard InChI is InChI=1S/C10H8Cl2N2O/c1-2-7-8-5(11)3-4-6(12)9(8)10(15)14-13-7/h3-4H,2H2,1H3,(H,14,15). The van der Waals surface area contributed by atoms with Crippen LogP contribution in [-0.2, 0) is 6.42 Å². The molecule has 0 atom stereocenters. The number of nitrogens with one attached hydrogen (secondary N) is 1. The van der Waals surface area contributed by atoms with E-state index >= 15 is 0 Å². The number of halogens is 2. The molecule has 0 amide bonds. The van der Waals surface area contributed by atoms with Crippen LogP contribution in [0.15, 0.2) is 16.9 Å². The van der Waals surface area contributed by atoms with Crippen LogP contribution < -0.4 is 5.56 Å². The van der Waals surface area contributed by atoms with Crippen LogP contribution in [0.5, 0.6) is 0 Å². The van der Waals surface area contributed by atoms with Crippen molar-refractivity contribution in [3.63, 3.8) is 0 Å². The summed E-state index contributed by atoms with van der Waals surface area (Å²) in [6.45, 7) is 1.94. The molecule has 15 heavy (non-hydrogen) atoms. The Morgan fingerprint density at radius 3 is 2.47 bits per heavy atom. The minimum atomic E-state index is -0.310. The van der Waals surface area contributed by atoms with Crippen LogP contribution in [0, 0.1) is 0 Å². The van der Waals surface area contributed by atoms with E-state index in [0.717, 1.165) is 5.69 Å². The van der Waals surface area contributed by atoms with Gasteiger partial charge in [-0.2, -0.15) is 5.10 Å². The molecule has 0 saturated heterocycles. The van der Waals surface area contributed by atoms with E-state index in [-0.39, 0.29) is 5.56 Å². The number of hydrogen-bond acceptors (Lipinski definition) is 2. The van der Waals surface area contributed by atoms with Crippen molar-refractivity contribution in [2.24, 2.45) is 0 Å². The third kappa shape index (κ3) is 1.62. The summed E-state index contributed by atoms with van der Waals surface area (Å²) in [4.78, 5) is 11.6. The monoisotopic (exact) mass is 242 g/mol. The van der Waals surface area contributed by atoms with Crippen molar-refractivity contribution < 1.29 is 0 Å². The summed E-state index contributed by atoms with van der Waals surface area (Å²) in [6, 6.07) is 3.29. The second kappa shape index (κ2) is 3.83. The number of aromatic nitrogens is 2. The van der Waals surface area contributed by atoms with Crippen LogP contribution in [-0.4, -0.2) is 10.2 Å². The number of fused-ring (bicyclic) bond motifs is 1. The topological polar surface area (TPSA) is 45.8 Å².